The fraction of sp³-hybridized carbons (Fsp3) is 0.500. The Labute approximate surface area is 269 Å². The fourth-order valence-corrected chi connectivity index (χ4v) is 6.54. The molecule has 1 aliphatic heterocycles. The van der Waals surface area contributed by atoms with Crippen molar-refractivity contribution >= 4 is 11.9 Å². The van der Waals surface area contributed by atoms with E-state index in [1.54, 1.807) is 32.2 Å². The van der Waals surface area contributed by atoms with Crippen LogP contribution < -0.4 is 11.0 Å². The third-order valence-corrected chi connectivity index (χ3v) is 8.71. The van der Waals surface area contributed by atoms with Gasteiger partial charge in [0.1, 0.15) is 17.5 Å². The molecule has 1 fully saturated rings. The Morgan fingerprint density at radius 3 is 2.33 bits per heavy atom. The first-order valence-electron chi connectivity index (χ1n) is 16.0. The number of alkyl halides is 1. The van der Waals surface area contributed by atoms with Gasteiger partial charge in [0.25, 0.3) is 0 Å². The van der Waals surface area contributed by atoms with Gasteiger partial charge in [-0.1, -0.05) is 39.0 Å². The van der Waals surface area contributed by atoms with E-state index in [1.807, 2.05) is 57.7 Å². The zero-order valence-electron chi connectivity index (χ0n) is 27.9. The van der Waals surface area contributed by atoms with Gasteiger partial charge >= 0.3 is 11.7 Å². The van der Waals surface area contributed by atoms with Gasteiger partial charge in [0, 0.05) is 31.4 Å². The Balaban J connectivity index is 1.71. The molecule has 1 aromatic heterocycles. The van der Waals surface area contributed by atoms with Gasteiger partial charge in [-0.2, -0.15) is 4.98 Å². The summed E-state index contributed by atoms with van der Waals surface area (Å²) in [6.07, 6.45) is 2.43. The van der Waals surface area contributed by atoms with Gasteiger partial charge in [0.15, 0.2) is 0 Å². The average Bonchev–Trinajstić information content (AvgIpc) is 2.94. The zero-order chi connectivity index (χ0) is 33.9. The van der Waals surface area contributed by atoms with Gasteiger partial charge in [-0.3, -0.25) is 19.1 Å². The maximum absolute atomic E-state index is 15.8. The lowest BCUT2D eigenvalue weighted by Crippen LogP contribution is -2.57. The van der Waals surface area contributed by atoms with E-state index in [4.69, 9.17) is 0 Å². The number of hydrogen-bond acceptors (Lipinski definition) is 5. The molecule has 248 valence electrons. The van der Waals surface area contributed by atoms with Crippen molar-refractivity contribution < 1.29 is 23.5 Å². The van der Waals surface area contributed by atoms with Crippen LogP contribution in [0.5, 0.6) is 0 Å². The molecule has 3 aromatic rings. The summed E-state index contributed by atoms with van der Waals surface area (Å²) in [7, 11) is 0. The SMILES string of the molecule is CCc1nc(=O)n([C@@H](CC(C)C)C(=O)N[C@@H](CC(=O)O)c2cc(-c3c(C)cccc3C)cc(C)c2F)cc1CCN1CC(C)(F)C1. The lowest BCUT2D eigenvalue weighted by atomic mass is 9.90. The van der Waals surface area contributed by atoms with Crippen LogP contribution >= 0.6 is 0 Å². The summed E-state index contributed by atoms with van der Waals surface area (Å²) < 4.78 is 31.1. The summed E-state index contributed by atoms with van der Waals surface area (Å²) in [6, 6.07) is 6.99. The van der Waals surface area contributed by atoms with E-state index in [-0.39, 0.29) is 17.9 Å². The predicted octanol–water partition coefficient (Wildman–Crippen LogP) is 6.04. The minimum atomic E-state index is -1.20. The van der Waals surface area contributed by atoms with Crippen molar-refractivity contribution in [2.45, 2.75) is 91.9 Å². The first kappa shape index (κ1) is 34.9. The predicted molar refractivity (Wildman–Crippen MR) is 175 cm³/mol. The van der Waals surface area contributed by atoms with Crippen molar-refractivity contribution in [2.75, 3.05) is 19.6 Å². The number of benzene rings is 2. The Hall–Kier alpha value is -3.92. The number of carboxylic acids is 1. The summed E-state index contributed by atoms with van der Waals surface area (Å²) >= 11 is 0. The number of halogens is 2. The second-order valence-electron chi connectivity index (χ2n) is 13.4. The third kappa shape index (κ3) is 8.07. The highest BCUT2D eigenvalue weighted by atomic mass is 19.1. The molecule has 0 radical (unpaired) electrons. The average molecular weight is 637 g/mol. The number of aliphatic carboxylic acids is 1. The third-order valence-electron chi connectivity index (χ3n) is 8.71. The Morgan fingerprint density at radius 2 is 1.76 bits per heavy atom. The number of nitrogens with one attached hydrogen (secondary N) is 1. The van der Waals surface area contributed by atoms with E-state index < -0.39 is 47.6 Å². The molecule has 2 aromatic carbocycles. The van der Waals surface area contributed by atoms with Gasteiger partial charge in [-0.25, -0.2) is 13.6 Å². The van der Waals surface area contributed by atoms with E-state index >= 15 is 4.39 Å². The van der Waals surface area contributed by atoms with E-state index in [2.05, 4.69) is 10.3 Å². The lowest BCUT2D eigenvalue weighted by Gasteiger charge is -2.42. The highest BCUT2D eigenvalue weighted by molar-refractivity contribution is 5.82. The maximum Gasteiger partial charge on any atom is 0.348 e. The van der Waals surface area contributed by atoms with Gasteiger partial charge < -0.3 is 10.4 Å². The van der Waals surface area contributed by atoms with Crippen LogP contribution in [-0.2, 0) is 22.4 Å². The Bertz CT molecular complexity index is 1640. The summed E-state index contributed by atoms with van der Waals surface area (Å²) in [5.41, 5.74) is 3.64. The molecule has 2 atom stereocenters. The number of aromatic nitrogens is 2. The molecular formula is C36H46F2N4O4. The van der Waals surface area contributed by atoms with Gasteiger partial charge in [0.2, 0.25) is 5.91 Å². The summed E-state index contributed by atoms with van der Waals surface area (Å²) in [6.45, 7) is 14.1. The second kappa shape index (κ2) is 14.2. The van der Waals surface area contributed by atoms with Crippen LogP contribution in [0.1, 0.15) is 86.1 Å². The van der Waals surface area contributed by atoms with E-state index in [0.29, 0.717) is 43.7 Å². The van der Waals surface area contributed by atoms with Crippen LogP contribution in [0.15, 0.2) is 41.3 Å². The molecule has 0 unspecified atom stereocenters. The largest absolute Gasteiger partial charge is 0.481 e. The zero-order valence-corrected chi connectivity index (χ0v) is 27.9. The molecule has 4 rings (SSSR count). The monoisotopic (exact) mass is 636 g/mol. The molecule has 0 aliphatic carbocycles. The molecule has 8 nitrogen and oxygen atoms in total. The number of carbonyl (C=O) groups excluding carboxylic acids is 1. The summed E-state index contributed by atoms with van der Waals surface area (Å²) in [5.74, 6) is -2.40. The number of carbonyl (C=O) groups is 2. The standard InChI is InChI=1S/C36H46F2N4O4/c1-8-28-25(12-13-41-19-36(7,38)20-41)18-42(35(46)40-28)30(14-21(2)3)34(45)39-29(17-31(43)44)27-16-26(15-24(6)33(27)37)32-22(4)10-9-11-23(32)5/h9-11,15-16,18,21,29-30H,8,12-14,17,19-20H2,1-7H3,(H,39,45)(H,43,44)/t29-,30-/m0/s1. The molecule has 10 heteroatoms. The maximum atomic E-state index is 15.8. The van der Waals surface area contributed by atoms with Gasteiger partial charge in [0.05, 0.1) is 18.2 Å². The van der Waals surface area contributed by atoms with Crippen LogP contribution in [0.25, 0.3) is 11.1 Å². The molecule has 1 amide bonds. The Kier molecular flexibility index (Phi) is 10.8. The number of rotatable bonds is 13. The topological polar surface area (TPSA) is 105 Å². The lowest BCUT2D eigenvalue weighted by molar-refractivity contribution is -0.138. The fourth-order valence-electron chi connectivity index (χ4n) is 6.54. The van der Waals surface area contributed by atoms with Crippen molar-refractivity contribution in [3.8, 4) is 11.1 Å². The van der Waals surface area contributed by atoms with Crippen LogP contribution in [0.2, 0.25) is 0 Å². The number of carboxylic acid groups (broad SMARTS) is 1. The van der Waals surface area contributed by atoms with E-state index in [1.165, 1.54) is 4.57 Å². The second-order valence-corrected chi connectivity index (χ2v) is 13.4. The Morgan fingerprint density at radius 1 is 1.11 bits per heavy atom. The molecule has 1 saturated heterocycles. The molecule has 0 bridgehead atoms. The molecule has 0 saturated carbocycles. The quantitative estimate of drug-likeness (QED) is 0.237. The van der Waals surface area contributed by atoms with Crippen molar-refractivity contribution in [1.82, 2.24) is 19.8 Å². The summed E-state index contributed by atoms with van der Waals surface area (Å²) in [5, 5.41) is 12.6. The van der Waals surface area contributed by atoms with Crippen LogP contribution in [0, 0.1) is 32.5 Å². The molecule has 2 N–H and O–H groups in total. The van der Waals surface area contributed by atoms with Crippen LogP contribution in [0.4, 0.5) is 8.78 Å². The van der Waals surface area contributed by atoms with Crippen molar-refractivity contribution in [3.05, 3.63) is 86.3 Å². The van der Waals surface area contributed by atoms with Crippen LogP contribution in [0.3, 0.4) is 0 Å². The molecule has 1 aliphatic rings. The minimum absolute atomic E-state index is 0.00969. The smallest absolute Gasteiger partial charge is 0.348 e. The number of likely N-dealkylation sites (tertiary alicyclic amines) is 1. The number of amides is 1. The number of hydrogen-bond donors (Lipinski definition) is 2. The van der Waals surface area contributed by atoms with Crippen molar-refractivity contribution in [3.63, 3.8) is 0 Å². The minimum Gasteiger partial charge on any atom is -0.481 e. The first-order chi connectivity index (χ1) is 21.6. The van der Waals surface area contributed by atoms with Gasteiger partial charge in [-0.15, -0.1) is 0 Å². The van der Waals surface area contributed by atoms with E-state index in [0.717, 1.165) is 27.8 Å². The number of aryl methyl sites for hydroxylation is 4. The van der Waals surface area contributed by atoms with Crippen molar-refractivity contribution in [1.29, 1.82) is 0 Å². The number of nitrogens with zero attached hydrogens (tertiary/aromatic N) is 3. The van der Waals surface area contributed by atoms with Crippen LogP contribution in [-0.4, -0.2) is 56.7 Å². The first-order valence-corrected chi connectivity index (χ1v) is 16.0. The summed E-state index contributed by atoms with van der Waals surface area (Å²) in [4.78, 5) is 45.7. The molecule has 0 spiro atoms. The highest BCUT2D eigenvalue weighted by Gasteiger charge is 2.38. The molecular weight excluding hydrogens is 590 g/mol. The van der Waals surface area contributed by atoms with E-state index in [9.17, 15) is 23.9 Å². The molecule has 2 heterocycles. The highest BCUT2D eigenvalue weighted by Crippen LogP contribution is 2.34. The normalized spacial score (nSPS) is 15.8. The van der Waals surface area contributed by atoms with Gasteiger partial charge in [-0.05, 0) is 98.4 Å². The molecule has 46 heavy (non-hydrogen) atoms. The van der Waals surface area contributed by atoms with Crippen molar-refractivity contribution in [2.24, 2.45) is 5.92 Å².